The number of nitrogens with zero attached hydrogens (tertiary/aromatic N) is 1. The SMILES string of the molecule is COc1cc(C(=O)O[C@H](C)C(=O)N2CCc3ccccc3C2)cc(Cl)c1OC. The van der Waals surface area contributed by atoms with Gasteiger partial charge >= 0.3 is 5.97 Å². The maximum atomic E-state index is 12.7. The molecule has 0 radical (unpaired) electrons. The second-order valence-corrected chi connectivity index (χ2v) is 6.93. The van der Waals surface area contributed by atoms with E-state index >= 15 is 0 Å². The fourth-order valence-electron chi connectivity index (χ4n) is 3.26. The Balaban J connectivity index is 1.69. The van der Waals surface area contributed by atoms with Gasteiger partial charge in [0, 0.05) is 13.1 Å². The van der Waals surface area contributed by atoms with Crippen molar-refractivity contribution in [1.29, 1.82) is 0 Å². The van der Waals surface area contributed by atoms with Gasteiger partial charge in [-0.3, -0.25) is 4.79 Å². The molecule has 0 bridgehead atoms. The first kappa shape index (κ1) is 20.0. The van der Waals surface area contributed by atoms with E-state index in [1.165, 1.54) is 31.9 Å². The zero-order valence-corrected chi connectivity index (χ0v) is 16.8. The molecule has 0 aromatic heterocycles. The summed E-state index contributed by atoms with van der Waals surface area (Å²) in [6, 6.07) is 10.9. The molecule has 0 fully saturated rings. The fraction of sp³-hybridized carbons (Fsp3) is 0.333. The van der Waals surface area contributed by atoms with Gasteiger partial charge in [-0.1, -0.05) is 35.9 Å². The van der Waals surface area contributed by atoms with Crippen LogP contribution in [0.2, 0.25) is 5.02 Å². The van der Waals surface area contributed by atoms with Crippen LogP contribution in [-0.4, -0.2) is 43.6 Å². The summed E-state index contributed by atoms with van der Waals surface area (Å²) in [7, 11) is 2.91. The van der Waals surface area contributed by atoms with E-state index < -0.39 is 12.1 Å². The first-order chi connectivity index (χ1) is 13.4. The summed E-state index contributed by atoms with van der Waals surface area (Å²) in [5.41, 5.74) is 2.55. The van der Waals surface area contributed by atoms with Crippen LogP contribution in [0.25, 0.3) is 0 Å². The van der Waals surface area contributed by atoms with Crippen molar-refractivity contribution >= 4 is 23.5 Å². The highest BCUT2D eigenvalue weighted by molar-refractivity contribution is 6.32. The fourth-order valence-corrected chi connectivity index (χ4v) is 3.54. The first-order valence-corrected chi connectivity index (χ1v) is 9.30. The standard InChI is InChI=1S/C21H22ClNO5/c1-13(20(24)23-9-8-14-6-4-5-7-15(14)12-23)28-21(25)16-10-17(22)19(27-3)18(11-16)26-2/h4-7,10-11,13H,8-9,12H2,1-3H3/t13-/m1/s1. The molecule has 28 heavy (non-hydrogen) atoms. The highest BCUT2D eigenvalue weighted by atomic mass is 35.5. The predicted octanol–water partition coefficient (Wildman–Crippen LogP) is 3.49. The molecule has 7 heteroatoms. The lowest BCUT2D eigenvalue weighted by Crippen LogP contribution is -2.42. The van der Waals surface area contributed by atoms with Crippen LogP contribution in [-0.2, 0) is 22.5 Å². The number of rotatable bonds is 5. The average molecular weight is 404 g/mol. The number of esters is 1. The van der Waals surface area contributed by atoms with E-state index in [1.54, 1.807) is 11.8 Å². The number of halogens is 1. The van der Waals surface area contributed by atoms with E-state index in [-0.39, 0.29) is 16.5 Å². The van der Waals surface area contributed by atoms with Crippen LogP contribution in [0.5, 0.6) is 11.5 Å². The lowest BCUT2D eigenvalue weighted by molar-refractivity contribution is -0.140. The van der Waals surface area contributed by atoms with Crippen molar-refractivity contribution in [3.8, 4) is 11.5 Å². The Morgan fingerprint density at radius 2 is 1.82 bits per heavy atom. The number of fused-ring (bicyclic) bond motifs is 1. The molecule has 0 spiro atoms. The summed E-state index contributed by atoms with van der Waals surface area (Å²) >= 11 is 6.14. The summed E-state index contributed by atoms with van der Waals surface area (Å²) in [5, 5.41) is 0.223. The van der Waals surface area contributed by atoms with Crippen molar-refractivity contribution in [2.45, 2.75) is 26.0 Å². The van der Waals surface area contributed by atoms with Gasteiger partial charge in [0.25, 0.3) is 5.91 Å². The Labute approximate surface area is 168 Å². The van der Waals surface area contributed by atoms with Gasteiger partial charge < -0.3 is 19.1 Å². The van der Waals surface area contributed by atoms with Crippen molar-refractivity contribution < 1.29 is 23.8 Å². The molecule has 0 saturated heterocycles. The van der Waals surface area contributed by atoms with Crippen molar-refractivity contribution in [2.24, 2.45) is 0 Å². The van der Waals surface area contributed by atoms with E-state index in [4.69, 9.17) is 25.8 Å². The zero-order valence-electron chi connectivity index (χ0n) is 16.0. The van der Waals surface area contributed by atoms with Crippen LogP contribution in [0.15, 0.2) is 36.4 Å². The molecule has 2 aromatic carbocycles. The number of carbonyl (C=O) groups is 2. The molecule has 148 valence electrons. The lowest BCUT2D eigenvalue weighted by atomic mass is 9.99. The summed E-state index contributed by atoms with van der Waals surface area (Å²) in [4.78, 5) is 27.0. The molecular weight excluding hydrogens is 382 g/mol. The monoisotopic (exact) mass is 403 g/mol. The minimum Gasteiger partial charge on any atom is -0.493 e. The Bertz CT molecular complexity index is 898. The van der Waals surface area contributed by atoms with E-state index in [1.807, 2.05) is 18.2 Å². The van der Waals surface area contributed by atoms with Crippen molar-refractivity contribution in [3.05, 3.63) is 58.1 Å². The summed E-state index contributed by atoms with van der Waals surface area (Å²) in [6.07, 6.45) is -0.127. The molecule has 0 saturated carbocycles. The summed E-state index contributed by atoms with van der Waals surface area (Å²) in [5.74, 6) is -0.235. The second kappa shape index (κ2) is 8.52. The summed E-state index contributed by atoms with van der Waals surface area (Å²) < 4.78 is 15.7. The van der Waals surface area contributed by atoms with Crippen LogP contribution in [0.3, 0.4) is 0 Å². The lowest BCUT2D eigenvalue weighted by Gasteiger charge is -2.30. The van der Waals surface area contributed by atoms with Gasteiger partial charge in [0.15, 0.2) is 17.6 Å². The number of hydrogen-bond donors (Lipinski definition) is 0. The number of benzene rings is 2. The number of ether oxygens (including phenoxy) is 3. The van der Waals surface area contributed by atoms with Crippen molar-refractivity contribution in [3.63, 3.8) is 0 Å². The molecule has 0 unspecified atom stereocenters. The third kappa shape index (κ3) is 4.07. The zero-order chi connectivity index (χ0) is 20.3. The second-order valence-electron chi connectivity index (χ2n) is 6.52. The number of carbonyl (C=O) groups excluding carboxylic acids is 2. The van der Waals surface area contributed by atoms with Gasteiger partial charge in [-0.15, -0.1) is 0 Å². The summed E-state index contributed by atoms with van der Waals surface area (Å²) in [6.45, 7) is 2.68. The number of amides is 1. The van der Waals surface area contributed by atoms with Crippen LogP contribution in [0, 0.1) is 0 Å². The average Bonchev–Trinajstić information content (AvgIpc) is 2.71. The van der Waals surface area contributed by atoms with Crippen LogP contribution < -0.4 is 9.47 Å². The van der Waals surface area contributed by atoms with E-state index in [0.29, 0.717) is 24.6 Å². The minimum atomic E-state index is -0.912. The van der Waals surface area contributed by atoms with Crippen molar-refractivity contribution in [1.82, 2.24) is 4.90 Å². The van der Waals surface area contributed by atoms with Crippen LogP contribution in [0.4, 0.5) is 0 Å². The van der Waals surface area contributed by atoms with Gasteiger partial charge in [0.05, 0.1) is 24.8 Å². The maximum absolute atomic E-state index is 12.7. The Morgan fingerprint density at radius 3 is 2.50 bits per heavy atom. The number of hydrogen-bond acceptors (Lipinski definition) is 5. The third-order valence-electron chi connectivity index (χ3n) is 4.74. The van der Waals surface area contributed by atoms with Gasteiger partial charge in [-0.25, -0.2) is 4.79 Å². The Kier molecular flexibility index (Phi) is 6.09. The molecule has 3 rings (SSSR count). The van der Waals surface area contributed by atoms with E-state index in [9.17, 15) is 9.59 Å². The molecule has 6 nitrogen and oxygen atoms in total. The highest BCUT2D eigenvalue weighted by Gasteiger charge is 2.27. The van der Waals surface area contributed by atoms with E-state index in [2.05, 4.69) is 6.07 Å². The smallest absolute Gasteiger partial charge is 0.339 e. The van der Waals surface area contributed by atoms with Gasteiger partial charge in [-0.2, -0.15) is 0 Å². The molecule has 1 aliphatic heterocycles. The third-order valence-corrected chi connectivity index (χ3v) is 5.02. The highest BCUT2D eigenvalue weighted by Crippen LogP contribution is 2.36. The topological polar surface area (TPSA) is 65.1 Å². The molecule has 0 aliphatic carbocycles. The molecule has 1 aliphatic rings. The maximum Gasteiger partial charge on any atom is 0.339 e. The molecule has 1 amide bonds. The molecule has 1 heterocycles. The van der Waals surface area contributed by atoms with E-state index in [0.717, 1.165) is 12.0 Å². The number of methoxy groups -OCH3 is 2. The minimum absolute atomic E-state index is 0.186. The van der Waals surface area contributed by atoms with Gasteiger partial charge in [0.1, 0.15) is 0 Å². The predicted molar refractivity (Wildman–Crippen MR) is 105 cm³/mol. The van der Waals surface area contributed by atoms with Crippen LogP contribution >= 0.6 is 11.6 Å². The molecule has 0 N–H and O–H groups in total. The molecule has 2 aromatic rings. The van der Waals surface area contributed by atoms with Gasteiger partial charge in [0.2, 0.25) is 0 Å². The first-order valence-electron chi connectivity index (χ1n) is 8.92. The normalized spacial score (nSPS) is 14.1. The molecule has 1 atom stereocenters. The molecular formula is C21H22ClNO5. The quantitative estimate of drug-likeness (QED) is 0.715. The van der Waals surface area contributed by atoms with Gasteiger partial charge in [-0.05, 0) is 36.6 Å². The largest absolute Gasteiger partial charge is 0.493 e. The Hall–Kier alpha value is -2.73. The van der Waals surface area contributed by atoms with Crippen LogP contribution in [0.1, 0.15) is 28.4 Å². The van der Waals surface area contributed by atoms with Crippen molar-refractivity contribution in [2.75, 3.05) is 20.8 Å². The Morgan fingerprint density at radius 1 is 1.11 bits per heavy atom.